The largest absolute Gasteiger partial charge is 0.456 e. The van der Waals surface area contributed by atoms with Crippen molar-refractivity contribution in [1.29, 1.82) is 0 Å². The SMILES string of the molecule is c1ccc(-c2ccc(-c3ccc(N(c4ccccc4)c4ccc(-c5ccc6c(ccc7oc8ccccc8c76)c5)cc4)cc3)cc2)cc1. The van der Waals surface area contributed by atoms with Crippen LogP contribution in [0.5, 0.6) is 0 Å². The highest BCUT2D eigenvalue weighted by Crippen LogP contribution is 2.39. The molecular weight excluding hydrogens is 583 g/mol. The monoisotopic (exact) mass is 613 g/mol. The summed E-state index contributed by atoms with van der Waals surface area (Å²) in [4.78, 5) is 2.31. The van der Waals surface area contributed by atoms with Crippen molar-refractivity contribution in [3.8, 4) is 33.4 Å². The van der Waals surface area contributed by atoms with Crippen LogP contribution in [-0.2, 0) is 0 Å². The van der Waals surface area contributed by atoms with Gasteiger partial charge in [-0.3, -0.25) is 0 Å². The van der Waals surface area contributed by atoms with E-state index in [1.54, 1.807) is 0 Å². The molecule has 0 aliphatic rings. The summed E-state index contributed by atoms with van der Waals surface area (Å²) >= 11 is 0. The van der Waals surface area contributed by atoms with Gasteiger partial charge in [0, 0.05) is 27.8 Å². The third-order valence-corrected chi connectivity index (χ3v) is 9.28. The zero-order chi connectivity index (χ0) is 31.9. The second kappa shape index (κ2) is 11.8. The summed E-state index contributed by atoms with van der Waals surface area (Å²) in [6.45, 7) is 0. The first kappa shape index (κ1) is 27.9. The summed E-state index contributed by atoms with van der Waals surface area (Å²) in [5.41, 5.74) is 12.4. The molecular formula is C46H31NO. The molecule has 0 N–H and O–H groups in total. The molecule has 0 saturated carbocycles. The molecule has 8 aromatic carbocycles. The normalized spacial score (nSPS) is 11.3. The molecule has 2 nitrogen and oxygen atoms in total. The van der Waals surface area contributed by atoms with Crippen molar-refractivity contribution in [2.75, 3.05) is 4.90 Å². The number of nitrogens with zero attached hydrogens (tertiary/aromatic N) is 1. The van der Waals surface area contributed by atoms with Crippen molar-refractivity contribution in [2.24, 2.45) is 0 Å². The lowest BCUT2D eigenvalue weighted by Crippen LogP contribution is -2.09. The van der Waals surface area contributed by atoms with Crippen molar-refractivity contribution in [2.45, 2.75) is 0 Å². The van der Waals surface area contributed by atoms with Crippen LogP contribution in [0, 0.1) is 0 Å². The zero-order valence-electron chi connectivity index (χ0n) is 26.3. The molecule has 1 heterocycles. The van der Waals surface area contributed by atoms with Gasteiger partial charge in [-0.25, -0.2) is 0 Å². The van der Waals surface area contributed by atoms with Gasteiger partial charge in [0.05, 0.1) is 0 Å². The van der Waals surface area contributed by atoms with Gasteiger partial charge in [0.1, 0.15) is 11.2 Å². The van der Waals surface area contributed by atoms with Gasteiger partial charge in [-0.15, -0.1) is 0 Å². The van der Waals surface area contributed by atoms with E-state index in [-0.39, 0.29) is 0 Å². The van der Waals surface area contributed by atoms with Gasteiger partial charge in [-0.2, -0.15) is 0 Å². The Kier molecular flexibility index (Phi) is 6.84. The summed E-state index contributed by atoms with van der Waals surface area (Å²) in [5.74, 6) is 0. The molecule has 0 bridgehead atoms. The Bertz CT molecular complexity index is 2510. The first-order valence-corrected chi connectivity index (χ1v) is 16.3. The van der Waals surface area contributed by atoms with Gasteiger partial charge in [-0.1, -0.05) is 133 Å². The van der Waals surface area contributed by atoms with Gasteiger partial charge in [0.25, 0.3) is 0 Å². The third kappa shape index (κ3) is 5.01. The van der Waals surface area contributed by atoms with Crippen molar-refractivity contribution >= 4 is 49.8 Å². The Labute approximate surface area is 279 Å². The Morgan fingerprint density at radius 3 is 1.44 bits per heavy atom. The molecule has 0 saturated heterocycles. The van der Waals surface area contributed by atoms with Crippen LogP contribution in [0.3, 0.4) is 0 Å². The van der Waals surface area contributed by atoms with Gasteiger partial charge in [0.15, 0.2) is 0 Å². The van der Waals surface area contributed by atoms with Gasteiger partial charge in [-0.05, 0) is 98.8 Å². The number of rotatable bonds is 6. The average Bonchev–Trinajstić information content (AvgIpc) is 3.56. The fourth-order valence-electron chi connectivity index (χ4n) is 6.85. The molecule has 9 aromatic rings. The molecule has 2 heteroatoms. The zero-order valence-corrected chi connectivity index (χ0v) is 26.3. The van der Waals surface area contributed by atoms with E-state index in [1.807, 2.05) is 12.1 Å². The predicted octanol–water partition coefficient (Wildman–Crippen LogP) is 13.2. The standard InChI is InChI=1S/C46H31NO/c1-3-9-32(10-4-1)33-15-17-34(18-16-33)35-19-25-40(26-20-35)47(39-11-5-2-6-12-39)41-27-21-36(22-28-41)37-23-29-42-38(31-37)24-30-45-46(42)43-13-7-8-14-44(43)48-45/h1-31H. The van der Waals surface area contributed by atoms with Gasteiger partial charge in [0.2, 0.25) is 0 Å². The minimum Gasteiger partial charge on any atom is -0.456 e. The van der Waals surface area contributed by atoms with E-state index in [0.29, 0.717) is 0 Å². The maximum atomic E-state index is 6.13. The van der Waals surface area contributed by atoms with Crippen molar-refractivity contribution in [3.63, 3.8) is 0 Å². The number of hydrogen-bond acceptors (Lipinski definition) is 2. The van der Waals surface area contributed by atoms with Crippen LogP contribution in [0.25, 0.3) is 66.1 Å². The summed E-state index contributed by atoms with van der Waals surface area (Å²) in [6.07, 6.45) is 0. The molecule has 0 fully saturated rings. The number of furan rings is 1. The molecule has 0 radical (unpaired) electrons. The molecule has 0 spiro atoms. The summed E-state index contributed by atoms with van der Waals surface area (Å²) in [5, 5.41) is 4.75. The Balaban J connectivity index is 1.03. The first-order chi connectivity index (χ1) is 23.8. The molecule has 0 amide bonds. The molecule has 0 atom stereocenters. The maximum absolute atomic E-state index is 6.13. The van der Waals surface area contributed by atoms with E-state index in [9.17, 15) is 0 Å². The molecule has 226 valence electrons. The van der Waals surface area contributed by atoms with E-state index in [4.69, 9.17) is 4.42 Å². The lowest BCUT2D eigenvalue weighted by Gasteiger charge is -2.26. The summed E-state index contributed by atoms with van der Waals surface area (Å²) in [7, 11) is 0. The van der Waals surface area contributed by atoms with Crippen molar-refractivity contribution in [3.05, 3.63) is 188 Å². The summed E-state index contributed by atoms with van der Waals surface area (Å²) < 4.78 is 6.13. The van der Waals surface area contributed by atoms with E-state index in [2.05, 4.69) is 181 Å². The van der Waals surface area contributed by atoms with E-state index in [1.165, 1.54) is 49.5 Å². The van der Waals surface area contributed by atoms with Gasteiger partial charge >= 0.3 is 0 Å². The van der Waals surface area contributed by atoms with Crippen LogP contribution in [0.2, 0.25) is 0 Å². The summed E-state index contributed by atoms with van der Waals surface area (Å²) in [6, 6.07) is 66.9. The molecule has 48 heavy (non-hydrogen) atoms. The van der Waals surface area contributed by atoms with Crippen molar-refractivity contribution < 1.29 is 4.42 Å². The third-order valence-electron chi connectivity index (χ3n) is 9.28. The topological polar surface area (TPSA) is 16.4 Å². The molecule has 0 aliphatic heterocycles. The fourth-order valence-corrected chi connectivity index (χ4v) is 6.85. The fraction of sp³-hybridized carbons (Fsp3) is 0. The van der Waals surface area contributed by atoms with Crippen LogP contribution in [0.15, 0.2) is 192 Å². The molecule has 1 aromatic heterocycles. The highest BCUT2D eigenvalue weighted by molar-refractivity contribution is 6.19. The van der Waals surface area contributed by atoms with E-state index >= 15 is 0 Å². The Morgan fingerprint density at radius 1 is 0.312 bits per heavy atom. The Morgan fingerprint density at radius 2 is 0.792 bits per heavy atom. The van der Waals surface area contributed by atoms with E-state index < -0.39 is 0 Å². The van der Waals surface area contributed by atoms with Crippen LogP contribution in [0.4, 0.5) is 17.1 Å². The highest BCUT2D eigenvalue weighted by atomic mass is 16.3. The van der Waals surface area contributed by atoms with E-state index in [0.717, 1.165) is 33.6 Å². The highest BCUT2D eigenvalue weighted by Gasteiger charge is 2.14. The quantitative estimate of drug-likeness (QED) is 0.185. The minimum atomic E-state index is 0.926. The molecule has 0 unspecified atom stereocenters. The first-order valence-electron chi connectivity index (χ1n) is 16.3. The van der Waals surface area contributed by atoms with Gasteiger partial charge < -0.3 is 9.32 Å². The minimum absolute atomic E-state index is 0.926. The van der Waals surface area contributed by atoms with Crippen LogP contribution < -0.4 is 4.90 Å². The smallest absolute Gasteiger partial charge is 0.136 e. The molecule has 0 aliphatic carbocycles. The Hall–Kier alpha value is -6.38. The second-order valence-corrected chi connectivity index (χ2v) is 12.2. The van der Waals surface area contributed by atoms with Crippen LogP contribution in [-0.4, -0.2) is 0 Å². The number of hydrogen-bond donors (Lipinski definition) is 0. The number of para-hydroxylation sites is 2. The maximum Gasteiger partial charge on any atom is 0.136 e. The lowest BCUT2D eigenvalue weighted by atomic mass is 9.98. The number of anilines is 3. The van der Waals surface area contributed by atoms with Crippen molar-refractivity contribution in [1.82, 2.24) is 0 Å². The van der Waals surface area contributed by atoms with Crippen LogP contribution >= 0.6 is 0 Å². The number of fused-ring (bicyclic) bond motifs is 5. The lowest BCUT2D eigenvalue weighted by molar-refractivity contribution is 0.669. The predicted molar refractivity (Wildman–Crippen MR) is 202 cm³/mol. The van der Waals surface area contributed by atoms with Crippen LogP contribution in [0.1, 0.15) is 0 Å². The number of benzene rings is 8. The second-order valence-electron chi connectivity index (χ2n) is 12.2. The molecule has 9 rings (SSSR count). The average molecular weight is 614 g/mol.